The van der Waals surface area contributed by atoms with Crippen LogP contribution in [0.4, 0.5) is 0 Å². The molecule has 0 aromatic heterocycles. The van der Waals surface area contributed by atoms with Crippen molar-refractivity contribution in [1.29, 1.82) is 0 Å². The number of β-amino-alcohol motifs (C(OH)–C–C–N with tert-alkyl or cyclic N) is 1. The van der Waals surface area contributed by atoms with E-state index in [0.717, 1.165) is 37.9 Å². The highest BCUT2D eigenvalue weighted by molar-refractivity contribution is 4.91. The molecule has 20 heavy (non-hydrogen) atoms. The van der Waals surface area contributed by atoms with Gasteiger partial charge >= 0.3 is 0 Å². The van der Waals surface area contributed by atoms with Gasteiger partial charge in [0.05, 0.1) is 6.10 Å². The first kappa shape index (κ1) is 16.2. The van der Waals surface area contributed by atoms with Crippen LogP contribution >= 0.6 is 0 Å². The average Bonchev–Trinajstić information content (AvgIpc) is 2.69. The molecule has 1 saturated heterocycles. The number of hydrogen-bond acceptors (Lipinski definition) is 4. The minimum atomic E-state index is -0.131. The van der Waals surface area contributed by atoms with Gasteiger partial charge in [0.2, 0.25) is 0 Å². The van der Waals surface area contributed by atoms with Crippen LogP contribution in [-0.4, -0.2) is 73.9 Å². The van der Waals surface area contributed by atoms with E-state index >= 15 is 0 Å². The SMILES string of the molecule is CNC1CCC(C)CC1CN1CC(O)CC1CN(C)C. The molecule has 1 saturated carbocycles. The van der Waals surface area contributed by atoms with Crippen molar-refractivity contribution >= 4 is 0 Å². The lowest BCUT2D eigenvalue weighted by Gasteiger charge is -2.38. The summed E-state index contributed by atoms with van der Waals surface area (Å²) in [5, 5.41) is 13.5. The summed E-state index contributed by atoms with van der Waals surface area (Å²) < 4.78 is 0. The van der Waals surface area contributed by atoms with Crippen LogP contribution in [-0.2, 0) is 0 Å². The summed E-state index contributed by atoms with van der Waals surface area (Å²) in [5.41, 5.74) is 0. The Balaban J connectivity index is 1.95. The van der Waals surface area contributed by atoms with E-state index in [1.54, 1.807) is 0 Å². The molecule has 118 valence electrons. The van der Waals surface area contributed by atoms with Gasteiger partial charge in [-0.05, 0) is 58.7 Å². The van der Waals surface area contributed by atoms with Crippen LogP contribution in [0.2, 0.25) is 0 Å². The van der Waals surface area contributed by atoms with Crippen molar-refractivity contribution in [3.05, 3.63) is 0 Å². The molecule has 0 bridgehead atoms. The maximum atomic E-state index is 10.0. The molecule has 1 heterocycles. The standard InChI is InChI=1S/C16H33N3O/c1-12-5-6-16(17-2)13(7-12)9-19-11-15(20)8-14(19)10-18(3)4/h12-17,20H,5-11H2,1-4H3. The van der Waals surface area contributed by atoms with E-state index in [1.165, 1.54) is 19.3 Å². The quantitative estimate of drug-likeness (QED) is 0.790. The average molecular weight is 283 g/mol. The fourth-order valence-electron chi connectivity index (χ4n) is 4.17. The molecule has 1 aliphatic carbocycles. The normalized spacial score (nSPS) is 39.6. The predicted octanol–water partition coefficient (Wildman–Crippen LogP) is 1.01. The zero-order valence-corrected chi connectivity index (χ0v) is 13.7. The molecule has 0 amide bonds. The van der Waals surface area contributed by atoms with Crippen molar-refractivity contribution in [2.75, 3.05) is 40.8 Å². The largest absolute Gasteiger partial charge is 0.392 e. The third-order valence-electron chi connectivity index (χ3n) is 5.17. The van der Waals surface area contributed by atoms with Gasteiger partial charge < -0.3 is 15.3 Å². The van der Waals surface area contributed by atoms with Crippen LogP contribution in [0.5, 0.6) is 0 Å². The molecule has 2 fully saturated rings. The van der Waals surface area contributed by atoms with Crippen molar-refractivity contribution in [1.82, 2.24) is 15.1 Å². The van der Waals surface area contributed by atoms with Crippen molar-refractivity contribution in [3.8, 4) is 0 Å². The second-order valence-electron chi connectivity index (χ2n) is 7.33. The highest BCUT2D eigenvalue weighted by atomic mass is 16.3. The Morgan fingerprint density at radius 3 is 2.65 bits per heavy atom. The number of likely N-dealkylation sites (tertiary alicyclic amines) is 1. The first-order valence-corrected chi connectivity index (χ1v) is 8.23. The summed E-state index contributed by atoms with van der Waals surface area (Å²) in [6.45, 7) is 5.45. The summed E-state index contributed by atoms with van der Waals surface area (Å²) in [7, 11) is 6.35. The van der Waals surface area contributed by atoms with Gasteiger partial charge in [-0.1, -0.05) is 6.92 Å². The second-order valence-corrected chi connectivity index (χ2v) is 7.33. The fraction of sp³-hybridized carbons (Fsp3) is 1.00. The smallest absolute Gasteiger partial charge is 0.0682 e. The third kappa shape index (κ3) is 4.17. The number of hydrogen-bond donors (Lipinski definition) is 2. The molecular formula is C16H33N3O. The van der Waals surface area contributed by atoms with Crippen molar-refractivity contribution in [2.24, 2.45) is 11.8 Å². The minimum Gasteiger partial charge on any atom is -0.392 e. The molecular weight excluding hydrogens is 250 g/mol. The van der Waals surface area contributed by atoms with Gasteiger partial charge in [0.1, 0.15) is 0 Å². The minimum absolute atomic E-state index is 0.131. The Bertz CT molecular complexity index is 297. The summed E-state index contributed by atoms with van der Waals surface area (Å²) in [6, 6.07) is 1.18. The summed E-state index contributed by atoms with van der Waals surface area (Å²) in [5.74, 6) is 1.59. The van der Waals surface area contributed by atoms with E-state index in [-0.39, 0.29) is 6.10 Å². The Kier molecular flexibility index (Phi) is 5.84. The molecule has 2 N–H and O–H groups in total. The lowest BCUT2D eigenvalue weighted by atomic mass is 9.78. The van der Waals surface area contributed by atoms with Gasteiger partial charge in [0.15, 0.2) is 0 Å². The van der Waals surface area contributed by atoms with Crippen molar-refractivity contribution in [2.45, 2.75) is 50.8 Å². The topological polar surface area (TPSA) is 38.7 Å². The molecule has 5 unspecified atom stereocenters. The lowest BCUT2D eigenvalue weighted by molar-refractivity contribution is 0.120. The Morgan fingerprint density at radius 2 is 2.00 bits per heavy atom. The van der Waals surface area contributed by atoms with Gasteiger partial charge in [-0.2, -0.15) is 0 Å². The summed E-state index contributed by atoms with van der Waals surface area (Å²) >= 11 is 0. The van der Waals surface area contributed by atoms with Crippen LogP contribution in [0.25, 0.3) is 0 Å². The molecule has 0 aromatic rings. The highest BCUT2D eigenvalue weighted by Gasteiger charge is 2.35. The number of aliphatic hydroxyl groups is 1. The van der Waals surface area contributed by atoms with Crippen LogP contribution in [0, 0.1) is 11.8 Å². The van der Waals surface area contributed by atoms with E-state index in [2.05, 4.69) is 43.2 Å². The molecule has 0 spiro atoms. The zero-order chi connectivity index (χ0) is 14.7. The number of nitrogens with one attached hydrogen (secondary N) is 1. The first-order chi connectivity index (χ1) is 9.49. The van der Waals surface area contributed by atoms with Crippen molar-refractivity contribution < 1.29 is 5.11 Å². The Labute approximate surface area is 124 Å². The van der Waals surface area contributed by atoms with E-state index in [1.807, 2.05) is 0 Å². The molecule has 4 heteroatoms. The van der Waals surface area contributed by atoms with E-state index in [0.29, 0.717) is 12.1 Å². The van der Waals surface area contributed by atoms with E-state index in [4.69, 9.17) is 0 Å². The summed E-state index contributed by atoms with van der Waals surface area (Å²) in [6.07, 6.45) is 4.79. The van der Waals surface area contributed by atoms with Gasteiger partial charge in [0.25, 0.3) is 0 Å². The number of nitrogens with zero attached hydrogens (tertiary/aromatic N) is 2. The highest BCUT2D eigenvalue weighted by Crippen LogP contribution is 2.31. The maximum absolute atomic E-state index is 10.0. The van der Waals surface area contributed by atoms with E-state index in [9.17, 15) is 5.11 Å². The Morgan fingerprint density at radius 1 is 1.25 bits per heavy atom. The Hall–Kier alpha value is -0.160. The fourth-order valence-corrected chi connectivity index (χ4v) is 4.17. The summed E-state index contributed by atoms with van der Waals surface area (Å²) in [4.78, 5) is 4.78. The van der Waals surface area contributed by atoms with Gasteiger partial charge in [-0.25, -0.2) is 0 Å². The number of likely N-dealkylation sites (N-methyl/N-ethyl adjacent to an activating group) is 1. The molecule has 2 aliphatic rings. The molecule has 4 nitrogen and oxygen atoms in total. The zero-order valence-electron chi connectivity index (χ0n) is 13.7. The lowest BCUT2D eigenvalue weighted by Crippen LogP contribution is -2.47. The monoisotopic (exact) mass is 283 g/mol. The van der Waals surface area contributed by atoms with Gasteiger partial charge in [-0.3, -0.25) is 4.90 Å². The van der Waals surface area contributed by atoms with E-state index < -0.39 is 0 Å². The van der Waals surface area contributed by atoms with Crippen LogP contribution < -0.4 is 5.32 Å². The van der Waals surface area contributed by atoms with Crippen LogP contribution in [0.3, 0.4) is 0 Å². The maximum Gasteiger partial charge on any atom is 0.0682 e. The van der Waals surface area contributed by atoms with Gasteiger partial charge in [0, 0.05) is 31.7 Å². The van der Waals surface area contributed by atoms with Crippen LogP contribution in [0.15, 0.2) is 0 Å². The van der Waals surface area contributed by atoms with Gasteiger partial charge in [-0.15, -0.1) is 0 Å². The molecule has 1 aliphatic heterocycles. The first-order valence-electron chi connectivity index (χ1n) is 8.23. The predicted molar refractivity (Wildman–Crippen MR) is 83.9 cm³/mol. The second kappa shape index (κ2) is 7.21. The number of rotatable bonds is 5. The molecule has 0 aromatic carbocycles. The third-order valence-corrected chi connectivity index (χ3v) is 5.17. The van der Waals surface area contributed by atoms with Crippen molar-refractivity contribution in [3.63, 3.8) is 0 Å². The number of aliphatic hydroxyl groups excluding tert-OH is 1. The molecule has 0 radical (unpaired) electrons. The molecule has 5 atom stereocenters. The van der Waals surface area contributed by atoms with Crippen LogP contribution in [0.1, 0.15) is 32.6 Å². The molecule has 2 rings (SSSR count).